The minimum Gasteiger partial charge on any atom is -0.123 e. The van der Waals surface area contributed by atoms with E-state index in [9.17, 15) is 0 Å². The van der Waals surface area contributed by atoms with Crippen molar-refractivity contribution in [2.75, 3.05) is 0 Å². The molecule has 0 fully saturated rings. The molecule has 3 heteroatoms. The van der Waals surface area contributed by atoms with Gasteiger partial charge in [-0.2, -0.15) is 0 Å². The van der Waals surface area contributed by atoms with E-state index in [0.29, 0.717) is 0 Å². The first kappa shape index (κ1) is 10.5. The van der Waals surface area contributed by atoms with Crippen LogP contribution >= 0.6 is 38.9 Å². The Morgan fingerprint density at radius 3 is 2.79 bits per heavy atom. The predicted octanol–water partition coefficient (Wildman–Crippen LogP) is 5.01. The van der Waals surface area contributed by atoms with E-state index in [1.54, 1.807) is 11.3 Å². The quantitative estimate of drug-likeness (QED) is 0.682. The second-order valence-electron chi connectivity index (χ2n) is 3.21. The van der Waals surface area contributed by atoms with Crippen molar-refractivity contribution in [3.8, 4) is 0 Å². The summed E-state index contributed by atoms with van der Waals surface area (Å²) in [6.07, 6.45) is 1.06. The Labute approximate surface area is 101 Å². The van der Waals surface area contributed by atoms with Crippen molar-refractivity contribution in [3.05, 3.63) is 33.7 Å². The van der Waals surface area contributed by atoms with Gasteiger partial charge in [0, 0.05) is 10.0 Å². The van der Waals surface area contributed by atoms with Gasteiger partial charge in [-0.25, -0.2) is 0 Å². The summed E-state index contributed by atoms with van der Waals surface area (Å²) in [5.74, 6) is 0. The van der Waals surface area contributed by atoms with Gasteiger partial charge >= 0.3 is 0 Å². The van der Waals surface area contributed by atoms with Gasteiger partial charge < -0.3 is 0 Å². The fraction of sp³-hybridized carbons (Fsp3) is 0.273. The fourth-order valence-corrected chi connectivity index (χ4v) is 3.23. The van der Waals surface area contributed by atoms with E-state index in [1.807, 2.05) is 6.07 Å². The Balaban J connectivity index is 2.72. The summed E-state index contributed by atoms with van der Waals surface area (Å²) in [7, 11) is 0. The van der Waals surface area contributed by atoms with Crippen LogP contribution in [0.4, 0.5) is 0 Å². The van der Waals surface area contributed by atoms with Crippen molar-refractivity contribution >= 4 is 49.0 Å². The van der Waals surface area contributed by atoms with Crippen molar-refractivity contribution in [1.82, 2.24) is 0 Å². The monoisotopic (exact) mass is 288 g/mol. The van der Waals surface area contributed by atoms with Crippen molar-refractivity contribution < 1.29 is 0 Å². The molecule has 74 valence electrons. The molecule has 0 aliphatic rings. The van der Waals surface area contributed by atoms with Crippen LogP contribution in [0.5, 0.6) is 0 Å². The smallest absolute Gasteiger partial charge is 0.0940 e. The van der Waals surface area contributed by atoms with Crippen LogP contribution in [-0.2, 0) is 11.8 Å². The summed E-state index contributed by atoms with van der Waals surface area (Å²) < 4.78 is 2.21. The maximum absolute atomic E-state index is 6.01. The Morgan fingerprint density at radius 2 is 2.14 bits per heavy atom. The van der Waals surface area contributed by atoms with Crippen LogP contribution in [0, 0.1) is 0 Å². The maximum atomic E-state index is 6.01. The summed E-state index contributed by atoms with van der Waals surface area (Å²) in [6.45, 7) is 2.18. The second-order valence-corrected chi connectivity index (χ2v) is 5.46. The molecular weight excluding hydrogens is 280 g/mol. The molecular formula is C11H10BrClS. The molecule has 0 aliphatic heterocycles. The number of hydrogen-bond donors (Lipinski definition) is 0. The van der Waals surface area contributed by atoms with Crippen LogP contribution in [0.1, 0.15) is 18.1 Å². The zero-order valence-electron chi connectivity index (χ0n) is 7.81. The lowest BCUT2D eigenvalue weighted by atomic mass is 10.1. The highest BCUT2D eigenvalue weighted by Gasteiger charge is 2.06. The summed E-state index contributed by atoms with van der Waals surface area (Å²) in [5, 5.41) is 2.18. The number of halogens is 2. The molecule has 0 unspecified atom stereocenters. The summed E-state index contributed by atoms with van der Waals surface area (Å²) >= 11 is 11.2. The molecule has 2 rings (SSSR count). The van der Waals surface area contributed by atoms with Gasteiger partial charge in [0.25, 0.3) is 0 Å². The lowest BCUT2D eigenvalue weighted by Crippen LogP contribution is -1.84. The van der Waals surface area contributed by atoms with Crippen LogP contribution in [0.3, 0.4) is 0 Å². The van der Waals surface area contributed by atoms with Crippen molar-refractivity contribution in [3.63, 3.8) is 0 Å². The molecule has 0 N–H and O–H groups in total. The van der Waals surface area contributed by atoms with Crippen LogP contribution in [0.15, 0.2) is 18.2 Å². The first-order chi connectivity index (χ1) is 6.74. The van der Waals surface area contributed by atoms with Gasteiger partial charge in [-0.1, -0.05) is 40.5 Å². The molecule has 0 atom stereocenters. The molecule has 1 aromatic carbocycles. The summed E-state index contributed by atoms with van der Waals surface area (Å²) in [5.41, 5.74) is 2.72. The highest BCUT2D eigenvalue weighted by molar-refractivity contribution is 9.08. The zero-order chi connectivity index (χ0) is 10.1. The fourth-order valence-electron chi connectivity index (χ4n) is 1.60. The van der Waals surface area contributed by atoms with Crippen LogP contribution in [-0.4, -0.2) is 0 Å². The largest absolute Gasteiger partial charge is 0.123 e. The third-order valence-electron chi connectivity index (χ3n) is 2.26. The van der Waals surface area contributed by atoms with Gasteiger partial charge in [0.2, 0.25) is 0 Å². The highest BCUT2D eigenvalue weighted by Crippen LogP contribution is 2.33. The van der Waals surface area contributed by atoms with E-state index in [2.05, 4.69) is 35.0 Å². The molecule has 0 saturated carbocycles. The predicted molar refractivity (Wildman–Crippen MR) is 68.8 cm³/mol. The zero-order valence-corrected chi connectivity index (χ0v) is 11.0. The number of fused-ring (bicyclic) bond motifs is 1. The standard InChI is InChI=1S/C11H10BrClS/c1-2-8-3-7(6-12)4-9-5-10(13)14-11(8)9/h3-5H,2,6H2,1H3. The molecule has 1 heterocycles. The Kier molecular flexibility index (Phi) is 3.15. The molecule has 0 spiro atoms. The van der Waals surface area contributed by atoms with Crippen molar-refractivity contribution in [1.29, 1.82) is 0 Å². The van der Waals surface area contributed by atoms with E-state index >= 15 is 0 Å². The SMILES string of the molecule is CCc1cc(CBr)cc2cc(Cl)sc12. The Morgan fingerprint density at radius 1 is 1.36 bits per heavy atom. The molecule has 0 bridgehead atoms. The maximum Gasteiger partial charge on any atom is 0.0940 e. The molecule has 2 aromatic rings. The van der Waals surface area contributed by atoms with Gasteiger partial charge in [-0.15, -0.1) is 11.3 Å². The normalized spacial score (nSPS) is 11.1. The number of benzene rings is 1. The summed E-state index contributed by atoms with van der Waals surface area (Å²) in [6, 6.07) is 6.50. The van der Waals surface area contributed by atoms with Gasteiger partial charge in [0.15, 0.2) is 0 Å². The number of aryl methyl sites for hydroxylation is 1. The molecule has 0 amide bonds. The van der Waals surface area contributed by atoms with Crippen LogP contribution in [0.25, 0.3) is 10.1 Å². The lowest BCUT2D eigenvalue weighted by Gasteiger charge is -2.02. The van der Waals surface area contributed by atoms with Crippen molar-refractivity contribution in [2.24, 2.45) is 0 Å². The molecule has 0 nitrogen and oxygen atoms in total. The number of alkyl halides is 1. The van der Waals surface area contributed by atoms with Crippen LogP contribution in [0.2, 0.25) is 4.34 Å². The number of thiophene rings is 1. The minimum absolute atomic E-state index is 0.876. The first-order valence-corrected chi connectivity index (χ1v) is 6.83. The average Bonchev–Trinajstić information content (AvgIpc) is 2.56. The number of rotatable bonds is 2. The molecule has 1 aromatic heterocycles. The van der Waals surface area contributed by atoms with Gasteiger partial charge in [0.1, 0.15) is 0 Å². The molecule has 0 saturated heterocycles. The first-order valence-electron chi connectivity index (χ1n) is 4.51. The van der Waals surface area contributed by atoms with E-state index in [1.165, 1.54) is 21.2 Å². The molecule has 0 radical (unpaired) electrons. The van der Waals surface area contributed by atoms with Gasteiger partial charge in [-0.05, 0) is 35.1 Å². The number of hydrogen-bond acceptors (Lipinski definition) is 1. The van der Waals surface area contributed by atoms with Gasteiger partial charge in [0.05, 0.1) is 4.34 Å². The van der Waals surface area contributed by atoms with E-state index in [-0.39, 0.29) is 0 Å². The van der Waals surface area contributed by atoms with Crippen LogP contribution < -0.4 is 0 Å². The molecule has 0 aliphatic carbocycles. The molecule has 14 heavy (non-hydrogen) atoms. The van der Waals surface area contributed by atoms with E-state index < -0.39 is 0 Å². The Hall–Kier alpha value is -0.0500. The topological polar surface area (TPSA) is 0 Å². The third-order valence-corrected chi connectivity index (χ3v) is 4.26. The van der Waals surface area contributed by atoms with Crippen molar-refractivity contribution in [2.45, 2.75) is 18.7 Å². The lowest BCUT2D eigenvalue weighted by molar-refractivity contribution is 1.16. The van der Waals surface area contributed by atoms with Gasteiger partial charge in [-0.3, -0.25) is 0 Å². The summed E-state index contributed by atoms with van der Waals surface area (Å²) in [4.78, 5) is 0. The second kappa shape index (κ2) is 4.21. The average molecular weight is 290 g/mol. The highest BCUT2D eigenvalue weighted by atomic mass is 79.9. The third kappa shape index (κ3) is 1.83. The van der Waals surface area contributed by atoms with E-state index in [4.69, 9.17) is 11.6 Å². The van der Waals surface area contributed by atoms with E-state index in [0.717, 1.165) is 16.1 Å². The minimum atomic E-state index is 0.876. The Bertz CT molecular complexity index is 462.